The molecule has 2 unspecified atom stereocenters. The van der Waals surface area contributed by atoms with Gasteiger partial charge in [0.15, 0.2) is 0 Å². The van der Waals surface area contributed by atoms with Crippen LogP contribution in [0, 0.1) is 0 Å². The highest BCUT2D eigenvalue weighted by atomic mass is 16.3. The average Bonchev–Trinajstić information content (AvgIpc) is 2.05. The lowest BCUT2D eigenvalue weighted by Crippen LogP contribution is -2.48. The second-order valence-corrected chi connectivity index (χ2v) is 2.68. The Labute approximate surface area is 66.9 Å². The van der Waals surface area contributed by atoms with Crippen molar-refractivity contribution in [3.05, 3.63) is 37.1 Å². The van der Waals surface area contributed by atoms with Gasteiger partial charge in [-0.3, -0.25) is 0 Å². The molecule has 2 atom stereocenters. The van der Waals surface area contributed by atoms with Crippen LogP contribution in [-0.4, -0.2) is 16.7 Å². The molecule has 0 amide bonds. The van der Waals surface area contributed by atoms with Crippen LogP contribution in [0.15, 0.2) is 37.1 Å². The highest BCUT2D eigenvalue weighted by molar-refractivity contribution is 5.27. The standard InChI is InChI=1S/C9H13NO/c1-3-9(8(2)11)6-4-5-7-10-9/h3-8,10-11H,1H2,2H3. The number of hydrogen-bond donors (Lipinski definition) is 2. The Morgan fingerprint density at radius 2 is 2.36 bits per heavy atom. The lowest BCUT2D eigenvalue weighted by molar-refractivity contribution is 0.137. The number of rotatable bonds is 2. The summed E-state index contributed by atoms with van der Waals surface area (Å²) in [6.45, 7) is 5.40. The van der Waals surface area contributed by atoms with E-state index in [0.29, 0.717) is 0 Å². The van der Waals surface area contributed by atoms with Crippen LogP contribution in [0.1, 0.15) is 6.92 Å². The normalized spacial score (nSPS) is 31.1. The molecular weight excluding hydrogens is 138 g/mol. The summed E-state index contributed by atoms with van der Waals surface area (Å²) in [7, 11) is 0. The number of allylic oxidation sites excluding steroid dienone is 2. The summed E-state index contributed by atoms with van der Waals surface area (Å²) in [6.07, 6.45) is 8.70. The molecule has 0 aromatic carbocycles. The quantitative estimate of drug-likeness (QED) is 0.576. The minimum absolute atomic E-state index is 0.471. The van der Waals surface area contributed by atoms with E-state index < -0.39 is 11.6 Å². The first-order chi connectivity index (χ1) is 5.21. The highest BCUT2D eigenvalue weighted by Gasteiger charge is 2.28. The van der Waals surface area contributed by atoms with E-state index >= 15 is 0 Å². The topological polar surface area (TPSA) is 32.3 Å². The molecule has 0 aliphatic carbocycles. The maximum atomic E-state index is 9.41. The molecular formula is C9H13NO. The number of hydrogen-bond acceptors (Lipinski definition) is 2. The van der Waals surface area contributed by atoms with Crippen LogP contribution in [0.3, 0.4) is 0 Å². The maximum absolute atomic E-state index is 9.41. The zero-order valence-corrected chi connectivity index (χ0v) is 6.62. The van der Waals surface area contributed by atoms with Gasteiger partial charge in [-0.1, -0.05) is 18.2 Å². The van der Waals surface area contributed by atoms with E-state index in [4.69, 9.17) is 0 Å². The smallest absolute Gasteiger partial charge is 0.0995 e. The van der Waals surface area contributed by atoms with E-state index in [9.17, 15) is 5.11 Å². The summed E-state index contributed by atoms with van der Waals surface area (Å²) >= 11 is 0. The van der Waals surface area contributed by atoms with Crippen molar-refractivity contribution < 1.29 is 5.11 Å². The zero-order chi connectivity index (χ0) is 8.32. The van der Waals surface area contributed by atoms with E-state index in [0.717, 1.165) is 0 Å². The van der Waals surface area contributed by atoms with E-state index in [2.05, 4.69) is 11.9 Å². The summed E-state index contributed by atoms with van der Waals surface area (Å²) < 4.78 is 0. The molecule has 1 aliphatic rings. The zero-order valence-electron chi connectivity index (χ0n) is 6.62. The van der Waals surface area contributed by atoms with Crippen molar-refractivity contribution in [2.45, 2.75) is 18.6 Å². The summed E-state index contributed by atoms with van der Waals surface area (Å²) in [5.74, 6) is 0. The maximum Gasteiger partial charge on any atom is 0.0995 e. The third kappa shape index (κ3) is 1.35. The molecule has 2 heteroatoms. The second kappa shape index (κ2) is 2.93. The molecule has 0 saturated heterocycles. The van der Waals surface area contributed by atoms with Gasteiger partial charge in [0.2, 0.25) is 0 Å². The van der Waals surface area contributed by atoms with Crippen LogP contribution in [-0.2, 0) is 0 Å². The lowest BCUT2D eigenvalue weighted by atomic mass is 9.91. The average molecular weight is 151 g/mol. The molecule has 2 nitrogen and oxygen atoms in total. The Kier molecular flexibility index (Phi) is 2.15. The molecule has 0 saturated carbocycles. The third-order valence-corrected chi connectivity index (χ3v) is 1.94. The van der Waals surface area contributed by atoms with Crippen LogP contribution in [0.25, 0.3) is 0 Å². The molecule has 0 bridgehead atoms. The first-order valence-electron chi connectivity index (χ1n) is 3.65. The van der Waals surface area contributed by atoms with Gasteiger partial charge in [0.1, 0.15) is 0 Å². The Balaban J connectivity index is 2.85. The highest BCUT2D eigenvalue weighted by Crippen LogP contribution is 2.16. The molecule has 0 radical (unpaired) electrons. The molecule has 1 rings (SSSR count). The van der Waals surface area contributed by atoms with Crippen molar-refractivity contribution in [3.63, 3.8) is 0 Å². The number of nitrogens with one attached hydrogen (secondary N) is 1. The minimum Gasteiger partial charge on any atom is -0.390 e. The number of aliphatic hydroxyl groups excluding tert-OH is 1. The molecule has 60 valence electrons. The summed E-state index contributed by atoms with van der Waals surface area (Å²) in [5.41, 5.74) is -0.477. The largest absolute Gasteiger partial charge is 0.390 e. The van der Waals surface area contributed by atoms with Gasteiger partial charge < -0.3 is 10.4 Å². The fourth-order valence-electron chi connectivity index (χ4n) is 1.07. The fraction of sp³-hybridized carbons (Fsp3) is 0.333. The minimum atomic E-state index is -0.477. The Bertz CT molecular complexity index is 206. The number of aliphatic hydroxyl groups is 1. The first-order valence-corrected chi connectivity index (χ1v) is 3.65. The van der Waals surface area contributed by atoms with Crippen LogP contribution < -0.4 is 5.32 Å². The molecule has 0 fully saturated rings. The fourth-order valence-corrected chi connectivity index (χ4v) is 1.07. The third-order valence-electron chi connectivity index (χ3n) is 1.94. The summed E-state index contributed by atoms with van der Waals surface area (Å²) in [6, 6.07) is 0. The van der Waals surface area contributed by atoms with Crippen molar-refractivity contribution in [2.24, 2.45) is 0 Å². The molecule has 2 N–H and O–H groups in total. The van der Waals surface area contributed by atoms with Gasteiger partial charge in [-0.15, -0.1) is 6.58 Å². The Hall–Kier alpha value is -1.02. The van der Waals surface area contributed by atoms with Crippen molar-refractivity contribution in [2.75, 3.05) is 0 Å². The lowest BCUT2D eigenvalue weighted by Gasteiger charge is -2.32. The predicted molar refractivity (Wildman–Crippen MR) is 46.0 cm³/mol. The SMILES string of the molecule is C=CC1(C(C)O)C=CC=CN1. The first kappa shape index (κ1) is 8.08. The monoisotopic (exact) mass is 151 g/mol. The van der Waals surface area contributed by atoms with Gasteiger partial charge in [-0.2, -0.15) is 0 Å². The predicted octanol–water partition coefficient (Wildman–Crippen LogP) is 0.965. The van der Waals surface area contributed by atoms with Crippen molar-refractivity contribution in [3.8, 4) is 0 Å². The molecule has 0 aromatic rings. The van der Waals surface area contributed by atoms with Gasteiger partial charge in [0.05, 0.1) is 11.6 Å². The van der Waals surface area contributed by atoms with Crippen LogP contribution in [0.2, 0.25) is 0 Å². The van der Waals surface area contributed by atoms with Crippen LogP contribution in [0.4, 0.5) is 0 Å². The molecule has 0 aromatic heterocycles. The van der Waals surface area contributed by atoms with Gasteiger partial charge in [0, 0.05) is 0 Å². The Morgan fingerprint density at radius 3 is 2.64 bits per heavy atom. The van der Waals surface area contributed by atoms with Gasteiger partial charge in [-0.25, -0.2) is 0 Å². The second-order valence-electron chi connectivity index (χ2n) is 2.68. The number of dihydropyridines is 1. The van der Waals surface area contributed by atoms with E-state index in [1.165, 1.54) is 0 Å². The van der Waals surface area contributed by atoms with E-state index in [-0.39, 0.29) is 0 Å². The summed E-state index contributed by atoms with van der Waals surface area (Å²) in [5, 5.41) is 12.5. The molecule has 1 aliphatic heterocycles. The van der Waals surface area contributed by atoms with Gasteiger partial charge >= 0.3 is 0 Å². The Morgan fingerprint density at radius 1 is 1.64 bits per heavy atom. The van der Waals surface area contributed by atoms with E-state index in [1.54, 1.807) is 19.2 Å². The molecule has 11 heavy (non-hydrogen) atoms. The van der Waals surface area contributed by atoms with Crippen molar-refractivity contribution in [1.29, 1.82) is 0 Å². The van der Waals surface area contributed by atoms with Crippen molar-refractivity contribution in [1.82, 2.24) is 5.32 Å². The van der Waals surface area contributed by atoms with Crippen molar-refractivity contribution >= 4 is 0 Å². The van der Waals surface area contributed by atoms with Crippen LogP contribution in [0.5, 0.6) is 0 Å². The van der Waals surface area contributed by atoms with Gasteiger partial charge in [-0.05, 0) is 19.2 Å². The molecule has 1 heterocycles. The van der Waals surface area contributed by atoms with E-state index in [1.807, 2.05) is 18.2 Å². The van der Waals surface area contributed by atoms with Crippen LogP contribution >= 0.6 is 0 Å². The summed E-state index contributed by atoms with van der Waals surface area (Å²) in [4.78, 5) is 0. The molecule has 0 spiro atoms. The van der Waals surface area contributed by atoms with Gasteiger partial charge in [0.25, 0.3) is 0 Å².